The first-order valence-corrected chi connectivity index (χ1v) is 3.87. The number of hydrogen-bond donors (Lipinski definition) is 1. The molecule has 56 valence electrons. The predicted molar refractivity (Wildman–Crippen MR) is 45.0 cm³/mol. The molecule has 0 aromatic carbocycles. The van der Waals surface area contributed by atoms with Gasteiger partial charge in [-0.3, -0.25) is 0 Å². The highest BCUT2D eigenvalue weighted by Crippen LogP contribution is 2.10. The normalized spacial score (nSPS) is 20.6. The summed E-state index contributed by atoms with van der Waals surface area (Å²) in [4.78, 5) is 0. The molecule has 1 aliphatic rings. The van der Waals surface area contributed by atoms with Crippen molar-refractivity contribution in [1.29, 1.82) is 0 Å². The van der Waals surface area contributed by atoms with Crippen molar-refractivity contribution in [2.24, 2.45) is 0 Å². The van der Waals surface area contributed by atoms with Crippen LogP contribution < -0.4 is 5.32 Å². The van der Waals surface area contributed by atoms with Gasteiger partial charge in [0.15, 0.2) is 0 Å². The summed E-state index contributed by atoms with van der Waals surface area (Å²) in [6, 6.07) is 0. The van der Waals surface area contributed by atoms with E-state index >= 15 is 0 Å². The molecule has 0 spiro atoms. The van der Waals surface area contributed by atoms with Gasteiger partial charge in [-0.25, -0.2) is 0 Å². The van der Waals surface area contributed by atoms with Crippen molar-refractivity contribution < 1.29 is 0 Å². The lowest BCUT2D eigenvalue weighted by atomic mass is 10.0. The van der Waals surface area contributed by atoms with Crippen LogP contribution in [0.15, 0.2) is 23.3 Å². The molecule has 0 unspecified atom stereocenters. The van der Waals surface area contributed by atoms with Crippen molar-refractivity contribution in [3.8, 4) is 0 Å². The molecular weight excluding hydrogens is 122 g/mol. The highest BCUT2D eigenvalue weighted by molar-refractivity contribution is 5.30. The Balaban J connectivity index is 2.62. The summed E-state index contributed by atoms with van der Waals surface area (Å²) in [5, 5.41) is 3.34. The number of allylic oxidation sites excluding steroid dienone is 1. The molecule has 0 atom stereocenters. The molecule has 1 nitrogen and oxygen atoms in total. The van der Waals surface area contributed by atoms with E-state index in [1.54, 1.807) is 0 Å². The first kappa shape index (κ1) is 7.55. The molecule has 0 bridgehead atoms. The van der Waals surface area contributed by atoms with Gasteiger partial charge in [0.25, 0.3) is 0 Å². The van der Waals surface area contributed by atoms with Crippen molar-refractivity contribution in [3.05, 3.63) is 23.3 Å². The van der Waals surface area contributed by atoms with Crippen LogP contribution >= 0.6 is 0 Å². The summed E-state index contributed by atoms with van der Waals surface area (Å²) < 4.78 is 0. The van der Waals surface area contributed by atoms with E-state index in [4.69, 9.17) is 0 Å². The molecule has 1 aliphatic heterocycles. The Kier molecular flexibility index (Phi) is 2.69. The van der Waals surface area contributed by atoms with E-state index in [2.05, 4.69) is 31.3 Å². The van der Waals surface area contributed by atoms with Crippen LogP contribution in [0.25, 0.3) is 0 Å². The molecule has 1 heteroatoms. The molecule has 0 fully saturated rings. The van der Waals surface area contributed by atoms with E-state index in [0.29, 0.717) is 0 Å². The third kappa shape index (κ3) is 1.71. The molecule has 0 amide bonds. The van der Waals surface area contributed by atoms with E-state index < -0.39 is 0 Å². The van der Waals surface area contributed by atoms with Gasteiger partial charge in [-0.1, -0.05) is 17.7 Å². The minimum atomic E-state index is 1.05. The number of hydrogen-bond acceptors (Lipinski definition) is 1. The fourth-order valence-electron chi connectivity index (χ4n) is 1.13. The van der Waals surface area contributed by atoms with E-state index in [1.807, 2.05) is 0 Å². The summed E-state index contributed by atoms with van der Waals surface area (Å²) in [6.07, 6.45) is 5.67. The van der Waals surface area contributed by atoms with Crippen LogP contribution in [0.3, 0.4) is 0 Å². The first-order chi connectivity index (χ1) is 4.84. The molecule has 1 N–H and O–H groups in total. The van der Waals surface area contributed by atoms with E-state index in [0.717, 1.165) is 13.1 Å². The SMILES string of the molecule is C/C=C(\C)C1=CCCNC1. The third-order valence-electron chi connectivity index (χ3n) is 1.97. The second kappa shape index (κ2) is 3.57. The molecule has 1 heterocycles. The smallest absolute Gasteiger partial charge is 0.0204 e. The summed E-state index contributed by atoms with van der Waals surface area (Å²) in [6.45, 7) is 6.44. The minimum Gasteiger partial charge on any atom is -0.312 e. The summed E-state index contributed by atoms with van der Waals surface area (Å²) in [5.41, 5.74) is 2.88. The van der Waals surface area contributed by atoms with Gasteiger partial charge in [-0.15, -0.1) is 0 Å². The third-order valence-corrected chi connectivity index (χ3v) is 1.97. The zero-order chi connectivity index (χ0) is 7.40. The van der Waals surface area contributed by atoms with Gasteiger partial charge in [-0.05, 0) is 32.4 Å². The molecule has 0 aromatic heterocycles. The number of nitrogens with one attached hydrogen (secondary N) is 1. The highest BCUT2D eigenvalue weighted by atomic mass is 14.9. The fourth-order valence-corrected chi connectivity index (χ4v) is 1.13. The van der Waals surface area contributed by atoms with Crippen molar-refractivity contribution in [1.82, 2.24) is 5.32 Å². The maximum Gasteiger partial charge on any atom is 0.0204 e. The fraction of sp³-hybridized carbons (Fsp3) is 0.556. The van der Waals surface area contributed by atoms with Crippen LogP contribution in [0.4, 0.5) is 0 Å². The topological polar surface area (TPSA) is 12.0 Å². The Labute approximate surface area is 62.8 Å². The van der Waals surface area contributed by atoms with Crippen LogP contribution in [0, 0.1) is 0 Å². The lowest BCUT2D eigenvalue weighted by molar-refractivity contribution is 0.706. The largest absolute Gasteiger partial charge is 0.312 e. The van der Waals surface area contributed by atoms with E-state index in [1.165, 1.54) is 17.6 Å². The predicted octanol–water partition coefficient (Wildman–Crippen LogP) is 1.87. The van der Waals surface area contributed by atoms with Crippen LogP contribution in [-0.2, 0) is 0 Å². The van der Waals surface area contributed by atoms with Crippen molar-refractivity contribution >= 4 is 0 Å². The molecule has 0 radical (unpaired) electrons. The molecule has 0 saturated heterocycles. The van der Waals surface area contributed by atoms with E-state index in [9.17, 15) is 0 Å². The van der Waals surface area contributed by atoms with Gasteiger partial charge in [0.2, 0.25) is 0 Å². The van der Waals surface area contributed by atoms with Gasteiger partial charge in [0.1, 0.15) is 0 Å². The lowest BCUT2D eigenvalue weighted by Crippen LogP contribution is -2.22. The standard InChI is InChI=1S/C9H15N/c1-3-8(2)9-5-4-6-10-7-9/h3,5,10H,4,6-7H2,1-2H3/b8-3+. The van der Waals surface area contributed by atoms with Crippen molar-refractivity contribution in [3.63, 3.8) is 0 Å². The van der Waals surface area contributed by atoms with Crippen LogP contribution in [-0.4, -0.2) is 13.1 Å². The maximum atomic E-state index is 3.34. The Hall–Kier alpha value is -0.560. The second-order valence-corrected chi connectivity index (χ2v) is 2.67. The molecule has 10 heavy (non-hydrogen) atoms. The maximum absolute atomic E-state index is 3.34. The Bertz CT molecular complexity index is 166. The van der Waals surface area contributed by atoms with Gasteiger partial charge in [-0.2, -0.15) is 0 Å². The second-order valence-electron chi connectivity index (χ2n) is 2.67. The zero-order valence-electron chi connectivity index (χ0n) is 6.78. The minimum absolute atomic E-state index is 1.05. The molecule has 0 aromatic rings. The van der Waals surface area contributed by atoms with Crippen LogP contribution in [0.5, 0.6) is 0 Å². The molecule has 0 saturated carbocycles. The summed E-state index contributed by atoms with van der Waals surface area (Å²) in [5.74, 6) is 0. The van der Waals surface area contributed by atoms with Gasteiger partial charge in [0.05, 0.1) is 0 Å². The zero-order valence-corrected chi connectivity index (χ0v) is 6.78. The van der Waals surface area contributed by atoms with Crippen molar-refractivity contribution in [2.75, 3.05) is 13.1 Å². The monoisotopic (exact) mass is 137 g/mol. The molecule has 1 rings (SSSR count). The lowest BCUT2D eigenvalue weighted by Gasteiger charge is -2.13. The van der Waals surface area contributed by atoms with Crippen LogP contribution in [0.1, 0.15) is 20.3 Å². The molecule has 0 aliphatic carbocycles. The summed E-state index contributed by atoms with van der Waals surface area (Å²) in [7, 11) is 0. The van der Waals surface area contributed by atoms with Gasteiger partial charge in [0, 0.05) is 6.54 Å². The Morgan fingerprint density at radius 3 is 3.00 bits per heavy atom. The van der Waals surface area contributed by atoms with E-state index in [-0.39, 0.29) is 0 Å². The Morgan fingerprint density at radius 2 is 2.50 bits per heavy atom. The van der Waals surface area contributed by atoms with Gasteiger partial charge < -0.3 is 5.32 Å². The molecular formula is C9H15N. The quantitative estimate of drug-likeness (QED) is 0.581. The number of rotatable bonds is 1. The van der Waals surface area contributed by atoms with Gasteiger partial charge >= 0.3 is 0 Å². The van der Waals surface area contributed by atoms with Crippen molar-refractivity contribution in [2.45, 2.75) is 20.3 Å². The average molecular weight is 137 g/mol. The Morgan fingerprint density at radius 1 is 1.70 bits per heavy atom. The average Bonchev–Trinajstić information content (AvgIpc) is 2.05. The first-order valence-electron chi connectivity index (χ1n) is 3.87. The van der Waals surface area contributed by atoms with Crippen LogP contribution in [0.2, 0.25) is 0 Å². The highest BCUT2D eigenvalue weighted by Gasteiger charge is 2.02. The summed E-state index contributed by atoms with van der Waals surface area (Å²) >= 11 is 0.